The molecule has 2 fully saturated rings. The Morgan fingerprint density at radius 2 is 2.08 bits per heavy atom. The summed E-state index contributed by atoms with van der Waals surface area (Å²) in [7, 11) is 1.67. The highest BCUT2D eigenvalue weighted by atomic mass is 16.3. The van der Waals surface area contributed by atoms with Gasteiger partial charge in [-0.2, -0.15) is 0 Å². The third-order valence-corrected chi connectivity index (χ3v) is 8.81. The highest BCUT2D eigenvalue weighted by Gasteiger charge is 2.50. The van der Waals surface area contributed by atoms with Crippen LogP contribution >= 0.6 is 0 Å². The van der Waals surface area contributed by atoms with Crippen LogP contribution in [0.4, 0.5) is 0 Å². The van der Waals surface area contributed by atoms with Gasteiger partial charge in [-0.15, -0.1) is 0 Å². The van der Waals surface area contributed by atoms with Crippen molar-refractivity contribution >= 4 is 22.8 Å². The van der Waals surface area contributed by atoms with E-state index in [1.165, 1.54) is 10.6 Å². The Morgan fingerprint density at radius 1 is 1.28 bits per heavy atom. The van der Waals surface area contributed by atoms with Crippen LogP contribution in [0.15, 0.2) is 71.2 Å². The number of nitrogens with one attached hydrogen (secondary N) is 1. The monoisotopic (exact) mass is 522 g/mol. The number of hydrogen-bond acceptors (Lipinski definition) is 6. The Bertz CT molecular complexity index is 1630. The number of amides is 2. The molecule has 1 aromatic carbocycles. The summed E-state index contributed by atoms with van der Waals surface area (Å²) in [5.74, 6) is 6.56. The minimum atomic E-state index is -1.65. The SMILES string of the molecule is Cc1nc2ccccc2n1CC1=C(C(N)=O)NC2C3C=C(C#C[C@]4(O)CCN(C)C4=O)C=CC3C3C=C(C3)N12. The molecule has 8 rings (SSSR count). The van der Waals surface area contributed by atoms with E-state index in [9.17, 15) is 14.7 Å². The lowest BCUT2D eigenvalue weighted by Crippen LogP contribution is -2.44. The molecule has 2 saturated heterocycles. The second-order valence-electron chi connectivity index (χ2n) is 11.1. The number of benzene rings is 1. The van der Waals surface area contributed by atoms with Crippen LogP contribution in [0.3, 0.4) is 0 Å². The highest BCUT2D eigenvalue weighted by molar-refractivity contribution is 5.93. The molecule has 0 saturated carbocycles. The number of aromatic nitrogens is 2. The summed E-state index contributed by atoms with van der Waals surface area (Å²) in [5, 5.41) is 14.3. The number of nitrogens with zero attached hydrogens (tertiary/aromatic N) is 4. The molecule has 9 heteroatoms. The number of allylic oxidation sites excluding steroid dienone is 6. The van der Waals surface area contributed by atoms with Crippen LogP contribution < -0.4 is 11.1 Å². The lowest BCUT2D eigenvalue weighted by molar-refractivity contribution is -0.137. The summed E-state index contributed by atoms with van der Waals surface area (Å²) >= 11 is 0. The van der Waals surface area contributed by atoms with Gasteiger partial charge in [0.25, 0.3) is 11.8 Å². The number of para-hydroxylation sites is 2. The number of nitrogens with two attached hydrogens (primary N) is 1. The first kappa shape index (κ1) is 23.8. The first-order valence-electron chi connectivity index (χ1n) is 13.4. The molecule has 2 amide bonds. The lowest BCUT2D eigenvalue weighted by Gasteiger charge is -2.34. The van der Waals surface area contributed by atoms with E-state index in [-0.39, 0.29) is 23.9 Å². The van der Waals surface area contributed by atoms with E-state index in [0.29, 0.717) is 31.1 Å². The largest absolute Gasteiger partial charge is 0.369 e. The second-order valence-corrected chi connectivity index (χ2v) is 11.1. The van der Waals surface area contributed by atoms with E-state index in [1.54, 1.807) is 7.05 Å². The number of likely N-dealkylation sites (N-methyl/N-ethyl adjacent to an activating group) is 1. The molecule has 6 aliphatic rings. The third kappa shape index (κ3) is 3.55. The normalized spacial score (nSPS) is 30.6. The molecule has 5 heterocycles. The Morgan fingerprint density at radius 3 is 2.82 bits per heavy atom. The molecule has 0 radical (unpaired) electrons. The van der Waals surface area contributed by atoms with Crippen molar-refractivity contribution in [2.24, 2.45) is 23.5 Å². The van der Waals surface area contributed by atoms with Crippen molar-refractivity contribution in [2.75, 3.05) is 13.6 Å². The number of rotatable bonds is 3. The third-order valence-electron chi connectivity index (χ3n) is 8.81. The number of hydrogen-bond donors (Lipinski definition) is 3. The van der Waals surface area contributed by atoms with Crippen molar-refractivity contribution in [3.8, 4) is 11.8 Å². The van der Waals surface area contributed by atoms with Crippen molar-refractivity contribution in [3.05, 3.63) is 77.1 Å². The van der Waals surface area contributed by atoms with Gasteiger partial charge in [0.15, 0.2) is 0 Å². The quantitative estimate of drug-likeness (QED) is 0.527. The number of fused-ring (bicyclic) bond motifs is 1. The Labute approximate surface area is 226 Å². The van der Waals surface area contributed by atoms with Gasteiger partial charge in [-0.3, -0.25) is 9.59 Å². The summed E-state index contributed by atoms with van der Waals surface area (Å²) in [5.41, 5.74) is 9.40. The van der Waals surface area contributed by atoms with Crippen LogP contribution in [-0.2, 0) is 16.1 Å². The summed E-state index contributed by atoms with van der Waals surface area (Å²) in [6, 6.07) is 7.99. The number of aryl methyl sites for hydroxylation is 1. The number of aliphatic hydroxyl groups is 1. The summed E-state index contributed by atoms with van der Waals surface area (Å²) in [6.07, 6.45) is 9.59. The maximum absolute atomic E-state index is 12.7. The summed E-state index contributed by atoms with van der Waals surface area (Å²) in [6.45, 7) is 2.92. The molecule has 5 atom stereocenters. The fourth-order valence-corrected chi connectivity index (χ4v) is 6.67. The fraction of sp³-hybridized carbons (Fsp3) is 0.367. The van der Waals surface area contributed by atoms with Gasteiger partial charge < -0.3 is 30.5 Å². The summed E-state index contributed by atoms with van der Waals surface area (Å²) < 4.78 is 2.13. The Balaban J connectivity index is 1.25. The van der Waals surface area contributed by atoms with Crippen LogP contribution in [0.1, 0.15) is 18.7 Å². The number of carbonyl (C=O) groups is 2. The van der Waals surface area contributed by atoms with Crippen LogP contribution in [-0.4, -0.2) is 61.6 Å². The van der Waals surface area contributed by atoms with Crippen molar-refractivity contribution in [1.82, 2.24) is 24.7 Å². The predicted octanol–water partition coefficient (Wildman–Crippen LogP) is 1.52. The average molecular weight is 523 g/mol. The van der Waals surface area contributed by atoms with Crippen LogP contribution in [0, 0.1) is 36.5 Å². The van der Waals surface area contributed by atoms with E-state index in [1.807, 2.05) is 37.3 Å². The van der Waals surface area contributed by atoms with Gasteiger partial charge in [0, 0.05) is 37.2 Å². The minimum Gasteiger partial charge on any atom is -0.369 e. The molecule has 2 aromatic rings. The molecule has 4 N–H and O–H groups in total. The zero-order valence-electron chi connectivity index (χ0n) is 21.9. The van der Waals surface area contributed by atoms with Crippen molar-refractivity contribution in [3.63, 3.8) is 0 Å². The van der Waals surface area contributed by atoms with Crippen molar-refractivity contribution in [1.29, 1.82) is 0 Å². The first-order chi connectivity index (χ1) is 18.7. The van der Waals surface area contributed by atoms with Crippen LogP contribution in [0.2, 0.25) is 0 Å². The molecule has 2 aliphatic carbocycles. The van der Waals surface area contributed by atoms with E-state index in [0.717, 1.165) is 34.5 Å². The zero-order valence-corrected chi connectivity index (χ0v) is 21.9. The molecule has 2 bridgehead atoms. The number of primary amides is 1. The molecule has 9 nitrogen and oxygen atoms in total. The smallest absolute Gasteiger partial charge is 0.267 e. The average Bonchev–Trinajstić information content (AvgIpc) is 3.44. The van der Waals surface area contributed by atoms with Gasteiger partial charge in [-0.1, -0.05) is 48.3 Å². The van der Waals surface area contributed by atoms with Gasteiger partial charge >= 0.3 is 0 Å². The Kier molecular flexibility index (Phi) is 5.10. The number of imidazole rings is 1. The van der Waals surface area contributed by atoms with Crippen LogP contribution in [0.5, 0.6) is 0 Å². The number of carbonyl (C=O) groups excluding carboxylic acids is 2. The Hall–Kier alpha value is -4.29. The summed E-state index contributed by atoms with van der Waals surface area (Å²) in [4.78, 5) is 33.6. The van der Waals surface area contributed by atoms with Crippen molar-refractivity contribution in [2.45, 2.75) is 38.1 Å². The molecule has 39 heavy (non-hydrogen) atoms. The van der Waals surface area contributed by atoms with Gasteiger partial charge in [0.1, 0.15) is 17.7 Å². The molecule has 4 aliphatic heterocycles. The first-order valence-corrected chi connectivity index (χ1v) is 13.4. The lowest BCUT2D eigenvalue weighted by atomic mass is 9.72. The maximum atomic E-state index is 12.7. The maximum Gasteiger partial charge on any atom is 0.267 e. The molecular formula is C30H30N6O3. The second kappa shape index (κ2) is 8.35. The van der Waals surface area contributed by atoms with Gasteiger partial charge in [-0.25, -0.2) is 4.98 Å². The van der Waals surface area contributed by atoms with E-state index >= 15 is 0 Å². The van der Waals surface area contributed by atoms with Gasteiger partial charge in [-0.05, 0) is 37.3 Å². The van der Waals surface area contributed by atoms with E-state index in [4.69, 9.17) is 10.7 Å². The van der Waals surface area contributed by atoms with Gasteiger partial charge in [0.2, 0.25) is 5.60 Å². The van der Waals surface area contributed by atoms with Gasteiger partial charge in [0.05, 0.1) is 23.3 Å². The molecule has 198 valence electrons. The van der Waals surface area contributed by atoms with Crippen LogP contribution in [0.25, 0.3) is 11.0 Å². The molecule has 0 spiro atoms. The standard InChI is InChI=1S/C30H30N6O3/c1-17-32-23-5-3-4-6-24(23)35(17)16-25-26(27(31)37)33-28-22-13-18(9-10-30(39)11-12-34(2)29(30)38)7-8-21(22)19-14-20(15-19)36(25)28/h3-8,13-14,19,21-22,28,33,39H,11-12,15-16H2,1-2H3,(H2,31,37)/t19?,21?,22?,28?,30-/m0/s1. The highest BCUT2D eigenvalue weighted by Crippen LogP contribution is 2.50. The fourth-order valence-electron chi connectivity index (χ4n) is 6.67. The molecule has 1 aromatic heterocycles. The molecule has 4 unspecified atom stereocenters. The minimum absolute atomic E-state index is 0.00428. The number of likely N-dealkylation sites (tertiary alicyclic amines) is 1. The topological polar surface area (TPSA) is 117 Å². The van der Waals surface area contributed by atoms with E-state index in [2.05, 4.69) is 44.9 Å². The predicted molar refractivity (Wildman–Crippen MR) is 145 cm³/mol. The van der Waals surface area contributed by atoms with Crippen molar-refractivity contribution < 1.29 is 14.7 Å². The zero-order chi connectivity index (χ0) is 27.1. The molecular weight excluding hydrogens is 492 g/mol. The van der Waals surface area contributed by atoms with E-state index < -0.39 is 11.5 Å².